The maximum Gasteiger partial charge on any atom is 0.185 e. The second-order valence-corrected chi connectivity index (χ2v) is 7.51. The molecule has 0 saturated carbocycles. The zero-order valence-electron chi connectivity index (χ0n) is 17.5. The van der Waals surface area contributed by atoms with Gasteiger partial charge in [-0.15, -0.1) is 0 Å². The van der Waals surface area contributed by atoms with E-state index in [4.69, 9.17) is 9.47 Å². The average Bonchev–Trinajstić information content (AvgIpc) is 2.62. The second-order valence-electron chi connectivity index (χ2n) is 7.51. The van der Waals surface area contributed by atoms with Crippen molar-refractivity contribution in [1.29, 1.82) is 0 Å². The molecular weight excluding hydrogens is 382 g/mol. The highest BCUT2D eigenvalue weighted by molar-refractivity contribution is 5.75. The van der Waals surface area contributed by atoms with Gasteiger partial charge in [-0.05, 0) is 57.0 Å². The lowest BCUT2D eigenvalue weighted by Crippen LogP contribution is -2.16. The Balaban J connectivity index is 0.000000296. The molecule has 0 heterocycles. The van der Waals surface area contributed by atoms with Gasteiger partial charge in [-0.1, -0.05) is 18.2 Å². The van der Waals surface area contributed by atoms with Gasteiger partial charge >= 0.3 is 0 Å². The van der Waals surface area contributed by atoms with Crippen molar-refractivity contribution in [2.75, 3.05) is 14.2 Å². The summed E-state index contributed by atoms with van der Waals surface area (Å²) in [5.74, 6) is -1.05. The van der Waals surface area contributed by atoms with Gasteiger partial charge in [-0.25, -0.2) is 8.78 Å². The van der Waals surface area contributed by atoms with E-state index in [9.17, 15) is 23.8 Å². The standard InChI is InChI=1S/C12H17FO3.C10H11FO2/c1-12(2,14)8-5-6-9(10(13)7-8)11(15-3)16-4;1-10(2,13)8-4-3-7(6-12)9(11)5-8/h5-7,11,14H,1-4H3;3-6,13H,1-2H3. The van der Waals surface area contributed by atoms with E-state index in [-0.39, 0.29) is 5.56 Å². The van der Waals surface area contributed by atoms with Crippen LogP contribution in [0.2, 0.25) is 0 Å². The molecule has 0 aliphatic carbocycles. The third-order valence-corrected chi connectivity index (χ3v) is 4.22. The highest BCUT2D eigenvalue weighted by atomic mass is 19.1. The average molecular weight is 410 g/mol. The van der Waals surface area contributed by atoms with Crippen LogP contribution >= 0.6 is 0 Å². The molecule has 160 valence electrons. The topological polar surface area (TPSA) is 76.0 Å². The fraction of sp³-hybridized carbons (Fsp3) is 0.409. The predicted molar refractivity (Wildman–Crippen MR) is 105 cm³/mol. The van der Waals surface area contributed by atoms with Crippen LogP contribution in [0.4, 0.5) is 8.78 Å². The molecule has 0 aliphatic rings. The summed E-state index contributed by atoms with van der Waals surface area (Å²) in [6, 6.07) is 8.57. The molecular formula is C22H28F2O5. The fourth-order valence-electron chi connectivity index (χ4n) is 2.45. The van der Waals surface area contributed by atoms with Crippen molar-refractivity contribution in [2.45, 2.75) is 45.2 Å². The minimum atomic E-state index is -1.08. The highest BCUT2D eigenvalue weighted by Crippen LogP contribution is 2.26. The molecule has 0 aromatic heterocycles. The summed E-state index contributed by atoms with van der Waals surface area (Å²) in [5, 5.41) is 19.3. The van der Waals surface area contributed by atoms with Crippen molar-refractivity contribution < 1.29 is 33.3 Å². The molecule has 0 saturated heterocycles. The molecule has 2 N–H and O–H groups in total. The van der Waals surface area contributed by atoms with Crippen LogP contribution in [-0.2, 0) is 20.7 Å². The number of benzene rings is 2. The molecule has 0 bridgehead atoms. The number of rotatable bonds is 6. The summed E-state index contributed by atoms with van der Waals surface area (Å²) < 4.78 is 36.7. The summed E-state index contributed by atoms with van der Waals surface area (Å²) in [4.78, 5) is 10.3. The SMILES string of the molecule is CC(C)(O)c1ccc(C=O)c(F)c1.COC(OC)c1ccc(C(C)(C)O)cc1F. The first-order chi connectivity index (χ1) is 13.3. The highest BCUT2D eigenvalue weighted by Gasteiger charge is 2.20. The molecule has 0 fully saturated rings. The number of carbonyl (C=O) groups excluding carboxylic acids is 1. The Bertz CT molecular complexity index is 819. The number of aldehydes is 1. The van der Waals surface area contributed by atoms with Crippen LogP contribution in [0.5, 0.6) is 0 Å². The van der Waals surface area contributed by atoms with E-state index in [0.29, 0.717) is 23.0 Å². The number of hydrogen-bond acceptors (Lipinski definition) is 5. The Morgan fingerprint density at radius 3 is 1.66 bits per heavy atom. The monoisotopic (exact) mass is 410 g/mol. The third-order valence-electron chi connectivity index (χ3n) is 4.22. The number of ether oxygens (including phenoxy) is 2. The molecule has 0 spiro atoms. The number of hydrogen-bond donors (Lipinski definition) is 2. The largest absolute Gasteiger partial charge is 0.386 e. The van der Waals surface area contributed by atoms with E-state index in [1.807, 2.05) is 0 Å². The summed E-state index contributed by atoms with van der Waals surface area (Å²) >= 11 is 0. The van der Waals surface area contributed by atoms with E-state index in [2.05, 4.69) is 0 Å². The second kappa shape index (κ2) is 10.0. The molecule has 0 radical (unpaired) electrons. The lowest BCUT2D eigenvalue weighted by atomic mass is 9.97. The first-order valence-corrected chi connectivity index (χ1v) is 8.90. The number of aliphatic hydroxyl groups is 2. The van der Waals surface area contributed by atoms with Crippen LogP contribution in [0, 0.1) is 11.6 Å². The third kappa shape index (κ3) is 6.97. The van der Waals surface area contributed by atoms with Gasteiger partial charge in [0.1, 0.15) is 11.6 Å². The molecule has 0 aliphatic heterocycles. The van der Waals surface area contributed by atoms with E-state index in [0.717, 1.165) is 0 Å². The van der Waals surface area contributed by atoms with Crippen LogP contribution in [-0.4, -0.2) is 30.7 Å². The van der Waals surface area contributed by atoms with Crippen molar-refractivity contribution in [3.05, 3.63) is 70.3 Å². The lowest BCUT2D eigenvalue weighted by molar-refractivity contribution is -0.107. The zero-order chi connectivity index (χ0) is 22.4. The Morgan fingerprint density at radius 2 is 1.31 bits per heavy atom. The summed E-state index contributed by atoms with van der Waals surface area (Å²) in [6.07, 6.45) is -0.278. The number of halogens is 2. The zero-order valence-corrected chi connectivity index (χ0v) is 17.5. The van der Waals surface area contributed by atoms with Crippen molar-refractivity contribution in [3.63, 3.8) is 0 Å². The van der Waals surface area contributed by atoms with Gasteiger partial charge in [0.15, 0.2) is 12.6 Å². The van der Waals surface area contributed by atoms with Crippen molar-refractivity contribution in [2.24, 2.45) is 0 Å². The van der Waals surface area contributed by atoms with Crippen molar-refractivity contribution in [3.8, 4) is 0 Å². The molecule has 2 aromatic rings. The van der Waals surface area contributed by atoms with Gasteiger partial charge in [0.2, 0.25) is 0 Å². The normalized spacial score (nSPS) is 11.8. The number of carbonyl (C=O) groups is 1. The van der Waals surface area contributed by atoms with Gasteiger partial charge in [0, 0.05) is 19.8 Å². The minimum Gasteiger partial charge on any atom is -0.386 e. The molecule has 0 amide bonds. The summed E-state index contributed by atoms with van der Waals surface area (Å²) in [5.41, 5.74) is -0.849. The quantitative estimate of drug-likeness (QED) is 0.551. The van der Waals surface area contributed by atoms with Crippen LogP contribution in [0.3, 0.4) is 0 Å². The first-order valence-electron chi connectivity index (χ1n) is 8.90. The van der Waals surface area contributed by atoms with Crippen LogP contribution in [0.15, 0.2) is 36.4 Å². The van der Waals surface area contributed by atoms with Gasteiger partial charge < -0.3 is 19.7 Å². The lowest BCUT2D eigenvalue weighted by Gasteiger charge is -2.20. The number of methoxy groups -OCH3 is 2. The Kier molecular flexibility index (Phi) is 8.59. The smallest absolute Gasteiger partial charge is 0.185 e. The maximum atomic E-state index is 13.7. The molecule has 29 heavy (non-hydrogen) atoms. The Labute approximate surface area is 169 Å². The molecule has 0 atom stereocenters. The molecule has 5 nitrogen and oxygen atoms in total. The van der Waals surface area contributed by atoms with Gasteiger partial charge in [0.05, 0.1) is 16.8 Å². The van der Waals surface area contributed by atoms with E-state index in [1.54, 1.807) is 39.8 Å². The fourth-order valence-corrected chi connectivity index (χ4v) is 2.45. The van der Waals surface area contributed by atoms with Crippen LogP contribution in [0.25, 0.3) is 0 Å². The summed E-state index contributed by atoms with van der Waals surface area (Å²) in [7, 11) is 2.88. The summed E-state index contributed by atoms with van der Waals surface area (Å²) in [6.45, 7) is 6.32. The first kappa shape index (κ1) is 24.8. The van der Waals surface area contributed by atoms with Crippen molar-refractivity contribution in [1.82, 2.24) is 0 Å². The van der Waals surface area contributed by atoms with E-state index < -0.39 is 29.1 Å². The Morgan fingerprint density at radius 1 is 0.862 bits per heavy atom. The van der Waals surface area contributed by atoms with E-state index in [1.165, 1.54) is 38.5 Å². The molecule has 2 rings (SSSR count). The Hall–Kier alpha value is -2.19. The van der Waals surface area contributed by atoms with Gasteiger partial charge in [0.25, 0.3) is 0 Å². The molecule has 2 aromatic carbocycles. The minimum absolute atomic E-state index is 0.00741. The van der Waals surface area contributed by atoms with Crippen LogP contribution < -0.4 is 0 Å². The van der Waals surface area contributed by atoms with Gasteiger partial charge in [-0.2, -0.15) is 0 Å². The van der Waals surface area contributed by atoms with Gasteiger partial charge in [-0.3, -0.25) is 4.79 Å². The maximum absolute atomic E-state index is 13.7. The van der Waals surface area contributed by atoms with Crippen molar-refractivity contribution >= 4 is 6.29 Å². The molecule has 0 unspecified atom stereocenters. The predicted octanol–water partition coefficient (Wildman–Crippen LogP) is 4.21. The van der Waals surface area contributed by atoms with Crippen LogP contribution in [0.1, 0.15) is 61.0 Å². The molecule has 7 heteroatoms. The van der Waals surface area contributed by atoms with E-state index >= 15 is 0 Å².